The molecule has 32 heavy (non-hydrogen) atoms. The summed E-state index contributed by atoms with van der Waals surface area (Å²) in [6.45, 7) is 11.3. The van der Waals surface area contributed by atoms with Gasteiger partial charge < -0.3 is 25.3 Å². The van der Waals surface area contributed by atoms with Crippen LogP contribution >= 0.6 is 24.0 Å². The molecule has 3 N–H and O–H groups in total. The van der Waals surface area contributed by atoms with Crippen molar-refractivity contribution in [2.75, 3.05) is 13.6 Å². The normalized spacial score (nSPS) is 12.0. The lowest BCUT2D eigenvalue weighted by Crippen LogP contribution is -2.54. The number of aliphatic imine (C=N–C) groups is 1. The highest BCUT2D eigenvalue weighted by atomic mass is 127. The summed E-state index contributed by atoms with van der Waals surface area (Å²) >= 11 is 0. The lowest BCUT2D eigenvalue weighted by Gasteiger charge is -2.29. The van der Waals surface area contributed by atoms with Crippen LogP contribution in [0.5, 0.6) is 0 Å². The maximum atomic E-state index is 12.1. The van der Waals surface area contributed by atoms with Crippen molar-refractivity contribution in [2.45, 2.75) is 65.3 Å². The second-order valence-electron chi connectivity index (χ2n) is 9.06. The molecule has 0 unspecified atom stereocenters. The van der Waals surface area contributed by atoms with E-state index in [9.17, 15) is 4.79 Å². The Balaban J connectivity index is 0.00000512. The van der Waals surface area contributed by atoms with Crippen LogP contribution in [0.1, 0.15) is 46.0 Å². The fourth-order valence-electron chi connectivity index (χ4n) is 2.92. The zero-order valence-electron chi connectivity index (χ0n) is 19.9. The Morgan fingerprint density at radius 3 is 2.44 bits per heavy atom. The number of aryl methyl sites for hydroxylation is 2. The first-order valence-electron chi connectivity index (χ1n) is 10.6. The summed E-state index contributed by atoms with van der Waals surface area (Å²) < 4.78 is 7.48. The van der Waals surface area contributed by atoms with E-state index in [4.69, 9.17) is 4.74 Å². The SMILES string of the molecule is CN=C(NCc1nccn1CCc1ccccc1)NCC(C)(C)NC(=O)OC(C)(C)C.I. The van der Waals surface area contributed by atoms with E-state index in [1.54, 1.807) is 7.05 Å². The Labute approximate surface area is 208 Å². The number of halogens is 1. The number of ether oxygens (including phenoxy) is 1. The van der Waals surface area contributed by atoms with Crippen LogP contribution in [0.15, 0.2) is 47.7 Å². The van der Waals surface area contributed by atoms with E-state index < -0.39 is 17.2 Å². The molecule has 0 aliphatic heterocycles. The second-order valence-corrected chi connectivity index (χ2v) is 9.06. The van der Waals surface area contributed by atoms with Crippen LogP contribution in [-0.2, 0) is 24.2 Å². The summed E-state index contributed by atoms with van der Waals surface area (Å²) in [7, 11) is 1.71. The number of guanidine groups is 1. The topological polar surface area (TPSA) is 92.6 Å². The zero-order valence-corrected chi connectivity index (χ0v) is 22.3. The number of hydrogen-bond acceptors (Lipinski definition) is 4. The average molecular weight is 556 g/mol. The van der Waals surface area contributed by atoms with Gasteiger partial charge in [0.1, 0.15) is 11.4 Å². The first kappa shape index (κ1) is 27.7. The molecule has 0 radical (unpaired) electrons. The molecular weight excluding hydrogens is 519 g/mol. The van der Waals surface area contributed by atoms with Gasteiger partial charge in [-0.15, -0.1) is 24.0 Å². The lowest BCUT2D eigenvalue weighted by molar-refractivity contribution is 0.0474. The number of imidazole rings is 1. The number of nitrogens with one attached hydrogen (secondary N) is 3. The van der Waals surface area contributed by atoms with Crippen LogP contribution in [0.4, 0.5) is 4.79 Å². The van der Waals surface area contributed by atoms with Gasteiger partial charge in [-0.1, -0.05) is 30.3 Å². The Morgan fingerprint density at radius 1 is 1.12 bits per heavy atom. The van der Waals surface area contributed by atoms with Crippen molar-refractivity contribution in [1.82, 2.24) is 25.5 Å². The third kappa shape index (κ3) is 10.3. The smallest absolute Gasteiger partial charge is 0.408 e. The summed E-state index contributed by atoms with van der Waals surface area (Å²) in [5.74, 6) is 1.57. The largest absolute Gasteiger partial charge is 0.444 e. The van der Waals surface area contributed by atoms with Crippen molar-refractivity contribution in [1.29, 1.82) is 0 Å². The van der Waals surface area contributed by atoms with Crippen molar-refractivity contribution < 1.29 is 9.53 Å². The van der Waals surface area contributed by atoms with Crippen LogP contribution in [-0.4, -0.2) is 46.3 Å². The van der Waals surface area contributed by atoms with Crippen molar-refractivity contribution in [3.8, 4) is 0 Å². The maximum absolute atomic E-state index is 12.1. The Bertz CT molecular complexity index is 859. The molecule has 0 aliphatic carbocycles. The molecule has 0 saturated carbocycles. The predicted molar refractivity (Wildman–Crippen MR) is 139 cm³/mol. The van der Waals surface area contributed by atoms with Crippen molar-refractivity contribution in [3.05, 3.63) is 54.1 Å². The van der Waals surface area contributed by atoms with Gasteiger partial charge in [-0.05, 0) is 46.6 Å². The molecule has 0 aliphatic rings. The molecule has 1 heterocycles. The Kier molecular flexibility index (Phi) is 11.0. The van der Waals surface area contributed by atoms with Gasteiger partial charge in [0.2, 0.25) is 0 Å². The number of amides is 1. The minimum atomic E-state index is -0.534. The van der Waals surface area contributed by atoms with Gasteiger partial charge in [0.05, 0.1) is 12.1 Å². The number of rotatable bonds is 8. The van der Waals surface area contributed by atoms with Gasteiger partial charge in [0.25, 0.3) is 0 Å². The molecule has 2 rings (SSSR count). The van der Waals surface area contributed by atoms with Crippen LogP contribution in [0.3, 0.4) is 0 Å². The lowest BCUT2D eigenvalue weighted by atomic mass is 10.1. The first-order chi connectivity index (χ1) is 14.6. The predicted octanol–water partition coefficient (Wildman–Crippen LogP) is 3.71. The van der Waals surface area contributed by atoms with E-state index in [2.05, 4.69) is 54.8 Å². The van der Waals surface area contributed by atoms with Gasteiger partial charge in [0, 0.05) is 32.5 Å². The van der Waals surface area contributed by atoms with Crippen LogP contribution < -0.4 is 16.0 Å². The highest BCUT2D eigenvalue weighted by Gasteiger charge is 2.24. The van der Waals surface area contributed by atoms with Gasteiger partial charge in [-0.3, -0.25) is 4.99 Å². The van der Waals surface area contributed by atoms with Crippen LogP contribution in [0.2, 0.25) is 0 Å². The second kappa shape index (κ2) is 12.7. The first-order valence-corrected chi connectivity index (χ1v) is 10.6. The molecule has 9 heteroatoms. The maximum Gasteiger partial charge on any atom is 0.408 e. The van der Waals surface area contributed by atoms with E-state index in [1.165, 1.54) is 5.56 Å². The third-order valence-corrected chi connectivity index (χ3v) is 4.46. The van der Waals surface area contributed by atoms with E-state index in [0.717, 1.165) is 18.8 Å². The number of hydrogen-bond donors (Lipinski definition) is 3. The van der Waals surface area contributed by atoms with Gasteiger partial charge in [0.15, 0.2) is 5.96 Å². The van der Waals surface area contributed by atoms with E-state index in [1.807, 2.05) is 53.1 Å². The number of benzene rings is 1. The van der Waals surface area contributed by atoms with E-state index >= 15 is 0 Å². The van der Waals surface area contributed by atoms with Gasteiger partial charge in [-0.25, -0.2) is 9.78 Å². The summed E-state index contributed by atoms with van der Waals surface area (Å²) in [4.78, 5) is 20.8. The number of carbonyl (C=O) groups is 1. The highest BCUT2D eigenvalue weighted by Crippen LogP contribution is 2.09. The van der Waals surface area contributed by atoms with Crippen molar-refractivity contribution in [3.63, 3.8) is 0 Å². The molecule has 1 amide bonds. The number of carbonyl (C=O) groups excluding carboxylic acids is 1. The monoisotopic (exact) mass is 556 g/mol. The molecule has 0 bridgehead atoms. The Morgan fingerprint density at radius 2 is 1.81 bits per heavy atom. The summed E-state index contributed by atoms with van der Waals surface area (Å²) in [5.41, 5.74) is 0.245. The average Bonchev–Trinajstić information content (AvgIpc) is 3.12. The molecule has 0 atom stereocenters. The highest BCUT2D eigenvalue weighted by molar-refractivity contribution is 14.0. The number of aromatic nitrogens is 2. The van der Waals surface area contributed by atoms with E-state index in [-0.39, 0.29) is 24.0 Å². The third-order valence-electron chi connectivity index (χ3n) is 4.46. The molecular formula is C23H37IN6O2. The molecule has 0 spiro atoms. The van der Waals surface area contributed by atoms with Crippen LogP contribution in [0, 0.1) is 0 Å². The van der Waals surface area contributed by atoms with Gasteiger partial charge in [-0.2, -0.15) is 0 Å². The molecule has 8 nitrogen and oxygen atoms in total. The minimum Gasteiger partial charge on any atom is -0.444 e. The fourth-order valence-corrected chi connectivity index (χ4v) is 2.92. The summed E-state index contributed by atoms with van der Waals surface area (Å²) in [5, 5.41) is 9.42. The number of alkyl carbamates (subject to hydrolysis) is 1. The van der Waals surface area contributed by atoms with Crippen molar-refractivity contribution in [2.24, 2.45) is 4.99 Å². The molecule has 1 aromatic heterocycles. The number of nitrogens with zero attached hydrogens (tertiary/aromatic N) is 3. The zero-order chi connectivity index (χ0) is 22.9. The van der Waals surface area contributed by atoms with E-state index in [0.29, 0.717) is 19.0 Å². The molecule has 2 aromatic rings. The molecule has 0 saturated heterocycles. The fraction of sp³-hybridized carbons (Fsp3) is 0.522. The summed E-state index contributed by atoms with van der Waals surface area (Å²) in [6.07, 6.45) is 4.31. The van der Waals surface area contributed by atoms with Gasteiger partial charge >= 0.3 is 6.09 Å². The summed E-state index contributed by atoms with van der Waals surface area (Å²) in [6, 6.07) is 10.4. The molecule has 1 aromatic carbocycles. The quantitative estimate of drug-likeness (QED) is 0.262. The molecule has 0 fully saturated rings. The standard InChI is InChI=1S/C23H36N6O2.HI/c1-22(2,3)31-21(30)28-23(4,5)17-27-20(24-6)26-16-19-25-13-15-29(19)14-12-18-10-8-7-9-11-18;/h7-11,13,15H,12,14,16-17H2,1-6H3,(H,28,30)(H2,24,26,27);1H. The minimum absolute atomic E-state index is 0. The molecule has 178 valence electrons. The van der Waals surface area contributed by atoms with Crippen LogP contribution in [0.25, 0.3) is 0 Å². The Hall–Kier alpha value is -2.30. The van der Waals surface area contributed by atoms with Crippen molar-refractivity contribution >= 4 is 36.0 Å².